The number of nitrogens with one attached hydrogen (secondary N) is 1. The van der Waals surface area contributed by atoms with Gasteiger partial charge in [0.05, 0.1) is 6.42 Å². The summed E-state index contributed by atoms with van der Waals surface area (Å²) < 4.78 is 0. The standard InChI is InChI=1S/C22H25Cl3N2O2/c1-14(2)12-26-22(29)15(3)27(13-17-6-4-5-7-19(17)24)21(28)10-16-8-9-18(23)11-20(16)25/h4-9,11,14-15H,10,12-13H2,1-3H3,(H,26,29). The Morgan fingerprint density at radius 2 is 1.66 bits per heavy atom. The van der Waals surface area contributed by atoms with Crippen LogP contribution in [0.4, 0.5) is 0 Å². The van der Waals surface area contributed by atoms with Crippen LogP contribution in [0.3, 0.4) is 0 Å². The number of amides is 2. The van der Waals surface area contributed by atoms with E-state index in [1.54, 1.807) is 31.2 Å². The van der Waals surface area contributed by atoms with Crippen molar-refractivity contribution < 1.29 is 9.59 Å². The molecule has 4 nitrogen and oxygen atoms in total. The lowest BCUT2D eigenvalue weighted by molar-refractivity contribution is -0.140. The summed E-state index contributed by atoms with van der Waals surface area (Å²) in [6, 6.07) is 11.6. The van der Waals surface area contributed by atoms with E-state index in [9.17, 15) is 9.59 Å². The zero-order chi connectivity index (χ0) is 21.6. The Kier molecular flexibility index (Phi) is 8.81. The number of hydrogen-bond acceptors (Lipinski definition) is 2. The predicted molar refractivity (Wildman–Crippen MR) is 119 cm³/mol. The molecule has 2 rings (SSSR count). The van der Waals surface area contributed by atoms with Crippen molar-refractivity contribution in [2.24, 2.45) is 5.92 Å². The number of benzene rings is 2. The zero-order valence-corrected chi connectivity index (χ0v) is 19.0. The Bertz CT molecular complexity index is 871. The molecule has 0 aromatic heterocycles. The molecular formula is C22H25Cl3N2O2. The first-order chi connectivity index (χ1) is 13.7. The van der Waals surface area contributed by atoms with Gasteiger partial charge in [0.2, 0.25) is 11.8 Å². The van der Waals surface area contributed by atoms with Gasteiger partial charge in [0.1, 0.15) is 6.04 Å². The van der Waals surface area contributed by atoms with Gasteiger partial charge in [0.25, 0.3) is 0 Å². The van der Waals surface area contributed by atoms with E-state index >= 15 is 0 Å². The molecule has 156 valence electrons. The van der Waals surface area contributed by atoms with Crippen LogP contribution in [-0.2, 0) is 22.6 Å². The Balaban J connectivity index is 2.26. The minimum absolute atomic E-state index is 0.0578. The van der Waals surface area contributed by atoms with Crippen LogP contribution in [0, 0.1) is 5.92 Å². The highest BCUT2D eigenvalue weighted by Gasteiger charge is 2.27. The first kappa shape index (κ1) is 23.5. The van der Waals surface area contributed by atoms with Crippen molar-refractivity contribution in [1.29, 1.82) is 0 Å². The highest BCUT2D eigenvalue weighted by Crippen LogP contribution is 2.24. The fraction of sp³-hybridized carbons (Fsp3) is 0.364. The molecule has 29 heavy (non-hydrogen) atoms. The number of carbonyl (C=O) groups excluding carboxylic acids is 2. The zero-order valence-electron chi connectivity index (χ0n) is 16.7. The lowest BCUT2D eigenvalue weighted by atomic mass is 10.1. The van der Waals surface area contributed by atoms with Crippen molar-refractivity contribution in [3.8, 4) is 0 Å². The van der Waals surface area contributed by atoms with Crippen molar-refractivity contribution in [1.82, 2.24) is 10.2 Å². The molecule has 2 amide bonds. The van der Waals surface area contributed by atoms with Crippen molar-refractivity contribution in [3.63, 3.8) is 0 Å². The van der Waals surface area contributed by atoms with Crippen molar-refractivity contribution in [2.45, 2.75) is 39.8 Å². The van der Waals surface area contributed by atoms with E-state index in [-0.39, 0.29) is 24.8 Å². The average molecular weight is 456 g/mol. The first-order valence-corrected chi connectivity index (χ1v) is 10.6. The fourth-order valence-electron chi connectivity index (χ4n) is 2.77. The number of hydrogen-bond donors (Lipinski definition) is 1. The summed E-state index contributed by atoms with van der Waals surface area (Å²) in [6.07, 6.45) is 0.0578. The van der Waals surface area contributed by atoms with Crippen LogP contribution in [0.2, 0.25) is 15.1 Å². The molecule has 0 saturated carbocycles. The van der Waals surface area contributed by atoms with E-state index in [0.29, 0.717) is 33.1 Å². The van der Waals surface area contributed by atoms with Crippen LogP contribution < -0.4 is 5.32 Å². The number of carbonyl (C=O) groups is 2. The van der Waals surface area contributed by atoms with E-state index in [2.05, 4.69) is 5.32 Å². The molecule has 1 unspecified atom stereocenters. The summed E-state index contributed by atoms with van der Waals surface area (Å²) in [7, 11) is 0. The van der Waals surface area contributed by atoms with Crippen LogP contribution in [0.1, 0.15) is 31.9 Å². The summed E-state index contributed by atoms with van der Waals surface area (Å²) in [6.45, 7) is 6.51. The summed E-state index contributed by atoms with van der Waals surface area (Å²) in [4.78, 5) is 27.3. The first-order valence-electron chi connectivity index (χ1n) is 9.43. The van der Waals surface area contributed by atoms with E-state index < -0.39 is 6.04 Å². The molecule has 1 N–H and O–H groups in total. The van der Waals surface area contributed by atoms with Crippen LogP contribution >= 0.6 is 34.8 Å². The SMILES string of the molecule is CC(C)CNC(=O)C(C)N(Cc1ccccc1Cl)C(=O)Cc1ccc(Cl)cc1Cl. The molecule has 0 fully saturated rings. The molecule has 2 aromatic carbocycles. The van der Waals surface area contributed by atoms with Gasteiger partial charge in [-0.1, -0.05) is 72.9 Å². The van der Waals surface area contributed by atoms with E-state index in [0.717, 1.165) is 5.56 Å². The van der Waals surface area contributed by atoms with Gasteiger partial charge in [-0.15, -0.1) is 0 Å². The maximum atomic E-state index is 13.2. The molecule has 0 bridgehead atoms. The Morgan fingerprint density at radius 3 is 2.28 bits per heavy atom. The van der Waals surface area contributed by atoms with E-state index in [1.807, 2.05) is 32.0 Å². The Morgan fingerprint density at radius 1 is 0.966 bits per heavy atom. The molecule has 0 saturated heterocycles. The molecule has 1 atom stereocenters. The van der Waals surface area contributed by atoms with Gasteiger partial charge >= 0.3 is 0 Å². The summed E-state index contributed by atoms with van der Waals surface area (Å²) >= 11 is 18.5. The minimum atomic E-state index is -0.663. The largest absolute Gasteiger partial charge is 0.354 e. The highest BCUT2D eigenvalue weighted by atomic mass is 35.5. The van der Waals surface area contributed by atoms with Gasteiger partial charge in [-0.25, -0.2) is 0 Å². The number of halogens is 3. The minimum Gasteiger partial charge on any atom is -0.354 e. The Labute approximate surface area is 187 Å². The second-order valence-electron chi connectivity index (χ2n) is 7.34. The summed E-state index contributed by atoms with van der Waals surface area (Å²) in [5, 5.41) is 4.35. The maximum Gasteiger partial charge on any atom is 0.242 e. The molecule has 0 aliphatic heterocycles. The monoisotopic (exact) mass is 454 g/mol. The molecule has 0 spiro atoms. The Hall–Kier alpha value is -1.75. The lowest BCUT2D eigenvalue weighted by Crippen LogP contribution is -2.48. The number of nitrogens with zero attached hydrogens (tertiary/aromatic N) is 1. The smallest absolute Gasteiger partial charge is 0.242 e. The maximum absolute atomic E-state index is 13.2. The van der Waals surface area contributed by atoms with Crippen LogP contribution in [0.15, 0.2) is 42.5 Å². The molecular weight excluding hydrogens is 431 g/mol. The van der Waals surface area contributed by atoms with Gasteiger partial charge in [0, 0.05) is 28.2 Å². The van der Waals surface area contributed by atoms with Crippen molar-refractivity contribution in [2.75, 3.05) is 6.54 Å². The van der Waals surface area contributed by atoms with Gasteiger partial charge in [-0.05, 0) is 42.2 Å². The van der Waals surface area contributed by atoms with Crippen LogP contribution in [0.25, 0.3) is 0 Å². The quantitative estimate of drug-likeness (QED) is 0.581. The molecule has 0 radical (unpaired) electrons. The summed E-state index contributed by atoms with van der Waals surface area (Å²) in [5.41, 5.74) is 1.42. The second kappa shape index (κ2) is 10.9. The average Bonchev–Trinajstić information content (AvgIpc) is 2.67. The summed E-state index contributed by atoms with van der Waals surface area (Å²) in [5.74, 6) is -0.116. The van der Waals surface area contributed by atoms with Crippen LogP contribution in [-0.4, -0.2) is 29.3 Å². The highest BCUT2D eigenvalue weighted by molar-refractivity contribution is 6.35. The van der Waals surface area contributed by atoms with Gasteiger partial charge in [0.15, 0.2) is 0 Å². The lowest BCUT2D eigenvalue weighted by Gasteiger charge is -2.29. The fourth-order valence-corrected chi connectivity index (χ4v) is 3.45. The molecule has 0 aliphatic carbocycles. The molecule has 0 heterocycles. The van der Waals surface area contributed by atoms with E-state index in [1.165, 1.54) is 4.90 Å². The third kappa shape index (κ3) is 6.91. The van der Waals surface area contributed by atoms with Gasteiger partial charge in [-0.3, -0.25) is 9.59 Å². The molecule has 2 aromatic rings. The van der Waals surface area contributed by atoms with Crippen molar-refractivity contribution in [3.05, 3.63) is 68.7 Å². The normalized spacial score (nSPS) is 12.0. The van der Waals surface area contributed by atoms with Crippen LogP contribution in [0.5, 0.6) is 0 Å². The van der Waals surface area contributed by atoms with Crippen molar-refractivity contribution >= 4 is 46.6 Å². The third-order valence-electron chi connectivity index (χ3n) is 4.51. The third-order valence-corrected chi connectivity index (χ3v) is 5.46. The van der Waals surface area contributed by atoms with E-state index in [4.69, 9.17) is 34.8 Å². The predicted octanol–water partition coefficient (Wildman–Crippen LogP) is 5.38. The van der Waals surface area contributed by atoms with Gasteiger partial charge in [-0.2, -0.15) is 0 Å². The molecule has 0 aliphatic rings. The van der Waals surface area contributed by atoms with Gasteiger partial charge < -0.3 is 10.2 Å². The second-order valence-corrected chi connectivity index (χ2v) is 8.59. The topological polar surface area (TPSA) is 49.4 Å². The number of rotatable bonds is 8. The molecule has 7 heteroatoms.